The van der Waals surface area contributed by atoms with Gasteiger partial charge in [-0.05, 0) is 24.1 Å². The molecule has 106 valence electrons. The van der Waals surface area contributed by atoms with Crippen molar-refractivity contribution in [1.29, 1.82) is 0 Å². The minimum Gasteiger partial charge on any atom is -0.391 e. The topological polar surface area (TPSA) is 70.5 Å². The van der Waals surface area contributed by atoms with Gasteiger partial charge in [-0.2, -0.15) is 0 Å². The number of β-amino-alcohol motifs (C(OH)–C–C–N with tert-alkyl or cyclic N) is 1. The predicted octanol–water partition coefficient (Wildman–Crippen LogP) is -0.0386. The van der Waals surface area contributed by atoms with Crippen molar-refractivity contribution in [3.05, 3.63) is 30.1 Å². The van der Waals surface area contributed by atoms with E-state index in [-0.39, 0.29) is 17.8 Å². The van der Waals surface area contributed by atoms with Crippen LogP contribution in [0.5, 0.6) is 0 Å². The van der Waals surface area contributed by atoms with E-state index >= 15 is 0 Å². The van der Waals surface area contributed by atoms with E-state index in [0.717, 1.165) is 18.5 Å². The Labute approximate surface area is 114 Å². The second-order valence-electron chi connectivity index (χ2n) is 5.28. The third-order valence-electron chi connectivity index (χ3n) is 3.51. The van der Waals surface area contributed by atoms with Gasteiger partial charge < -0.3 is 5.11 Å². The summed E-state index contributed by atoms with van der Waals surface area (Å²) in [6.07, 6.45) is 5.16. The number of pyridine rings is 1. The summed E-state index contributed by atoms with van der Waals surface area (Å²) in [5, 5.41) is 10.0. The van der Waals surface area contributed by atoms with E-state index in [0.29, 0.717) is 13.1 Å². The molecular weight excluding hydrogens is 264 g/mol. The van der Waals surface area contributed by atoms with Crippen molar-refractivity contribution in [2.75, 3.05) is 31.6 Å². The van der Waals surface area contributed by atoms with Crippen molar-refractivity contribution in [2.45, 2.75) is 12.5 Å². The van der Waals surface area contributed by atoms with Gasteiger partial charge in [-0.25, -0.2) is 8.42 Å². The minimum atomic E-state index is -2.94. The summed E-state index contributed by atoms with van der Waals surface area (Å²) >= 11 is 0. The third-order valence-corrected chi connectivity index (χ3v) is 4.43. The molecule has 1 N–H and O–H groups in total. The number of rotatable bonds is 5. The highest BCUT2D eigenvalue weighted by molar-refractivity contribution is 7.90. The Kier molecular flexibility index (Phi) is 4.54. The molecule has 2 heterocycles. The van der Waals surface area contributed by atoms with E-state index in [1.807, 2.05) is 17.0 Å². The fourth-order valence-electron chi connectivity index (χ4n) is 2.44. The first-order valence-electron chi connectivity index (χ1n) is 6.41. The highest BCUT2D eigenvalue weighted by Crippen LogP contribution is 2.21. The molecule has 19 heavy (non-hydrogen) atoms. The van der Waals surface area contributed by atoms with Gasteiger partial charge in [0, 0.05) is 44.2 Å². The molecule has 0 saturated carbocycles. The summed E-state index contributed by atoms with van der Waals surface area (Å²) in [6.45, 7) is 1.81. The standard InChI is InChI=1S/C13H20N2O3S/c1-19(17,18)7-6-15-9-12(13(16)10-15)8-11-2-4-14-5-3-11/h2-5,12-13,16H,6-10H2,1H3/t12-,13-/m1/s1. The molecule has 0 bridgehead atoms. The first-order valence-corrected chi connectivity index (χ1v) is 8.47. The van der Waals surface area contributed by atoms with Crippen LogP contribution in [0.2, 0.25) is 0 Å². The molecule has 1 aromatic heterocycles. The maximum Gasteiger partial charge on any atom is 0.148 e. The van der Waals surface area contributed by atoms with Crippen LogP contribution in [0.3, 0.4) is 0 Å². The summed E-state index contributed by atoms with van der Waals surface area (Å²) in [6, 6.07) is 3.90. The molecule has 2 atom stereocenters. The van der Waals surface area contributed by atoms with Gasteiger partial charge in [-0.1, -0.05) is 0 Å². The van der Waals surface area contributed by atoms with Crippen molar-refractivity contribution in [3.63, 3.8) is 0 Å². The molecule has 2 rings (SSSR count). The SMILES string of the molecule is CS(=O)(=O)CCN1C[C@@H](Cc2ccncc2)[C@H](O)C1. The Morgan fingerprint density at radius 2 is 2.05 bits per heavy atom. The largest absolute Gasteiger partial charge is 0.391 e. The van der Waals surface area contributed by atoms with Gasteiger partial charge in [-0.15, -0.1) is 0 Å². The van der Waals surface area contributed by atoms with E-state index in [4.69, 9.17) is 0 Å². The van der Waals surface area contributed by atoms with E-state index in [1.165, 1.54) is 6.26 Å². The molecule has 1 fully saturated rings. The number of sulfone groups is 1. The molecule has 1 aliphatic heterocycles. The highest BCUT2D eigenvalue weighted by Gasteiger charge is 2.31. The Morgan fingerprint density at radius 1 is 1.37 bits per heavy atom. The van der Waals surface area contributed by atoms with Crippen LogP contribution in [0.15, 0.2) is 24.5 Å². The zero-order chi connectivity index (χ0) is 13.9. The monoisotopic (exact) mass is 284 g/mol. The fraction of sp³-hybridized carbons (Fsp3) is 0.615. The van der Waals surface area contributed by atoms with Gasteiger partial charge in [-0.3, -0.25) is 9.88 Å². The molecule has 6 heteroatoms. The maximum absolute atomic E-state index is 11.1. The minimum absolute atomic E-state index is 0.154. The predicted molar refractivity (Wildman–Crippen MR) is 73.6 cm³/mol. The van der Waals surface area contributed by atoms with Crippen LogP contribution in [0, 0.1) is 5.92 Å². The van der Waals surface area contributed by atoms with E-state index < -0.39 is 9.84 Å². The Bertz CT molecular complexity index is 504. The lowest BCUT2D eigenvalue weighted by atomic mass is 9.97. The van der Waals surface area contributed by atoms with Crippen LogP contribution in [-0.2, 0) is 16.3 Å². The van der Waals surface area contributed by atoms with Gasteiger partial charge in [0.1, 0.15) is 9.84 Å². The summed E-state index contributed by atoms with van der Waals surface area (Å²) in [4.78, 5) is 6.00. The van der Waals surface area contributed by atoms with E-state index in [1.54, 1.807) is 12.4 Å². The average molecular weight is 284 g/mol. The molecule has 5 nitrogen and oxygen atoms in total. The first kappa shape index (κ1) is 14.4. The smallest absolute Gasteiger partial charge is 0.148 e. The van der Waals surface area contributed by atoms with Gasteiger partial charge in [0.25, 0.3) is 0 Å². The number of aromatic nitrogens is 1. The number of hydrogen-bond acceptors (Lipinski definition) is 5. The molecule has 0 amide bonds. The lowest BCUT2D eigenvalue weighted by Crippen LogP contribution is -2.27. The third kappa shape index (κ3) is 4.56. The van der Waals surface area contributed by atoms with Crippen molar-refractivity contribution in [2.24, 2.45) is 5.92 Å². The van der Waals surface area contributed by atoms with Gasteiger partial charge >= 0.3 is 0 Å². The van der Waals surface area contributed by atoms with Crippen LogP contribution in [0.25, 0.3) is 0 Å². The second kappa shape index (κ2) is 5.98. The molecule has 1 aliphatic rings. The number of likely N-dealkylation sites (tertiary alicyclic amines) is 1. The number of nitrogens with zero attached hydrogens (tertiary/aromatic N) is 2. The first-order chi connectivity index (χ1) is 8.94. The molecule has 0 aromatic carbocycles. The fourth-order valence-corrected chi connectivity index (χ4v) is 3.03. The van der Waals surface area contributed by atoms with Crippen LogP contribution < -0.4 is 0 Å². The van der Waals surface area contributed by atoms with E-state index in [9.17, 15) is 13.5 Å². The van der Waals surface area contributed by atoms with Crippen LogP contribution in [0.1, 0.15) is 5.56 Å². The lowest BCUT2D eigenvalue weighted by Gasteiger charge is -2.14. The maximum atomic E-state index is 11.1. The zero-order valence-electron chi connectivity index (χ0n) is 11.1. The number of aliphatic hydroxyl groups excluding tert-OH is 1. The molecule has 1 saturated heterocycles. The molecule has 0 aliphatic carbocycles. The Balaban J connectivity index is 1.87. The summed E-state index contributed by atoms with van der Waals surface area (Å²) < 4.78 is 22.3. The molecule has 0 unspecified atom stereocenters. The van der Waals surface area contributed by atoms with Crippen LogP contribution in [0.4, 0.5) is 0 Å². The van der Waals surface area contributed by atoms with Crippen LogP contribution >= 0.6 is 0 Å². The average Bonchev–Trinajstić information content (AvgIpc) is 2.68. The quantitative estimate of drug-likeness (QED) is 0.821. The number of aliphatic hydroxyl groups is 1. The second-order valence-corrected chi connectivity index (χ2v) is 7.54. The summed E-state index contributed by atoms with van der Waals surface area (Å²) in [5.74, 6) is 0.323. The zero-order valence-corrected chi connectivity index (χ0v) is 11.9. The molecule has 0 spiro atoms. The Morgan fingerprint density at radius 3 is 2.68 bits per heavy atom. The molecule has 1 aromatic rings. The van der Waals surface area contributed by atoms with Crippen molar-refractivity contribution in [3.8, 4) is 0 Å². The van der Waals surface area contributed by atoms with Gasteiger partial charge in [0.2, 0.25) is 0 Å². The highest BCUT2D eigenvalue weighted by atomic mass is 32.2. The lowest BCUT2D eigenvalue weighted by molar-refractivity contribution is 0.142. The summed E-state index contributed by atoms with van der Waals surface area (Å²) in [7, 11) is -2.94. The van der Waals surface area contributed by atoms with Crippen molar-refractivity contribution >= 4 is 9.84 Å². The number of hydrogen-bond donors (Lipinski definition) is 1. The van der Waals surface area contributed by atoms with E-state index in [2.05, 4.69) is 4.98 Å². The van der Waals surface area contributed by atoms with Gasteiger partial charge in [0.15, 0.2) is 0 Å². The van der Waals surface area contributed by atoms with Gasteiger partial charge in [0.05, 0.1) is 11.9 Å². The normalized spacial score (nSPS) is 24.7. The van der Waals surface area contributed by atoms with Crippen molar-refractivity contribution < 1.29 is 13.5 Å². The van der Waals surface area contributed by atoms with Crippen LogP contribution in [-0.4, -0.2) is 61.2 Å². The Hall–Kier alpha value is -0.980. The van der Waals surface area contributed by atoms with Crippen molar-refractivity contribution in [1.82, 2.24) is 9.88 Å². The molecular formula is C13H20N2O3S. The summed E-state index contributed by atoms with van der Waals surface area (Å²) in [5.41, 5.74) is 1.16. The molecule has 0 radical (unpaired) electrons.